The van der Waals surface area contributed by atoms with Crippen molar-refractivity contribution in [3.05, 3.63) is 24.3 Å². The van der Waals surface area contributed by atoms with Crippen molar-refractivity contribution in [2.75, 3.05) is 11.9 Å². The van der Waals surface area contributed by atoms with Gasteiger partial charge in [0.2, 0.25) is 0 Å². The van der Waals surface area contributed by atoms with Gasteiger partial charge in [0.05, 0.1) is 0 Å². The van der Waals surface area contributed by atoms with Gasteiger partial charge in [-0.3, -0.25) is 0 Å². The highest BCUT2D eigenvalue weighted by Crippen LogP contribution is 2.32. The molecule has 0 heterocycles. The van der Waals surface area contributed by atoms with Gasteiger partial charge in [0.25, 0.3) is 0 Å². The standard InChI is InChI=1S/C13H16F3N3O2/c14-13(15,16)21-10-5-3-9(4-6-10)18-12(20)19-11(7-17)8-1-2-8/h3-6,8,11H,1-2,7,17H2,(H2,18,19,20). The highest BCUT2D eigenvalue weighted by molar-refractivity contribution is 5.89. The molecular formula is C13H16F3N3O2. The summed E-state index contributed by atoms with van der Waals surface area (Å²) in [6.45, 7) is 0.358. The molecule has 1 atom stereocenters. The van der Waals surface area contributed by atoms with Gasteiger partial charge in [0.15, 0.2) is 0 Å². The minimum atomic E-state index is -4.73. The van der Waals surface area contributed by atoms with Crippen molar-refractivity contribution >= 4 is 11.7 Å². The minimum Gasteiger partial charge on any atom is -0.406 e. The average molecular weight is 303 g/mol. The molecule has 0 bridgehead atoms. The molecule has 1 saturated carbocycles. The summed E-state index contributed by atoms with van der Waals surface area (Å²) < 4.78 is 39.7. The fourth-order valence-corrected chi connectivity index (χ4v) is 1.94. The van der Waals surface area contributed by atoms with E-state index in [2.05, 4.69) is 15.4 Å². The number of rotatable bonds is 5. The van der Waals surface area contributed by atoms with Crippen molar-refractivity contribution in [3.63, 3.8) is 0 Å². The van der Waals surface area contributed by atoms with Crippen LogP contribution in [0.25, 0.3) is 0 Å². The molecule has 2 amide bonds. The molecule has 21 heavy (non-hydrogen) atoms. The lowest BCUT2D eigenvalue weighted by Crippen LogP contribution is -2.43. The quantitative estimate of drug-likeness (QED) is 0.782. The number of carbonyl (C=O) groups excluding carboxylic acids is 1. The van der Waals surface area contributed by atoms with E-state index in [0.29, 0.717) is 18.2 Å². The lowest BCUT2D eigenvalue weighted by molar-refractivity contribution is -0.274. The molecular weight excluding hydrogens is 287 g/mol. The van der Waals surface area contributed by atoms with Gasteiger partial charge in [-0.2, -0.15) is 0 Å². The van der Waals surface area contributed by atoms with Crippen LogP contribution in [-0.4, -0.2) is 25.0 Å². The Bertz CT molecular complexity index is 486. The predicted octanol–water partition coefficient (Wildman–Crippen LogP) is 2.44. The summed E-state index contributed by atoms with van der Waals surface area (Å²) in [6.07, 6.45) is -2.64. The highest BCUT2D eigenvalue weighted by atomic mass is 19.4. The van der Waals surface area contributed by atoms with E-state index in [0.717, 1.165) is 25.0 Å². The summed E-state index contributed by atoms with van der Waals surface area (Å²) in [6, 6.07) is 4.42. The number of carbonyl (C=O) groups is 1. The van der Waals surface area contributed by atoms with E-state index in [1.807, 2.05) is 0 Å². The number of ether oxygens (including phenoxy) is 1. The second kappa shape index (κ2) is 6.21. The monoisotopic (exact) mass is 303 g/mol. The molecule has 0 saturated heterocycles. The van der Waals surface area contributed by atoms with Crippen LogP contribution in [-0.2, 0) is 0 Å². The van der Waals surface area contributed by atoms with E-state index in [4.69, 9.17) is 5.73 Å². The summed E-state index contributed by atoms with van der Waals surface area (Å²) in [4.78, 5) is 11.7. The number of anilines is 1. The smallest absolute Gasteiger partial charge is 0.406 e. The maximum absolute atomic E-state index is 12.0. The van der Waals surface area contributed by atoms with Gasteiger partial charge in [-0.05, 0) is 43.0 Å². The Labute approximate surface area is 119 Å². The molecule has 116 valence electrons. The van der Waals surface area contributed by atoms with Crippen molar-refractivity contribution < 1.29 is 22.7 Å². The molecule has 5 nitrogen and oxygen atoms in total. The Kier molecular flexibility index (Phi) is 4.56. The molecule has 0 spiro atoms. The molecule has 0 aliphatic heterocycles. The summed E-state index contributed by atoms with van der Waals surface area (Å²) in [5, 5.41) is 5.28. The van der Waals surface area contributed by atoms with Crippen LogP contribution in [0.3, 0.4) is 0 Å². The van der Waals surface area contributed by atoms with Crippen LogP contribution in [0.1, 0.15) is 12.8 Å². The average Bonchev–Trinajstić information content (AvgIpc) is 3.21. The number of nitrogens with two attached hydrogens (primary N) is 1. The molecule has 1 fully saturated rings. The number of hydrogen-bond acceptors (Lipinski definition) is 3. The molecule has 1 aromatic rings. The van der Waals surface area contributed by atoms with Crippen LogP contribution in [0.2, 0.25) is 0 Å². The van der Waals surface area contributed by atoms with Crippen molar-refractivity contribution in [2.24, 2.45) is 11.7 Å². The number of amides is 2. The molecule has 0 radical (unpaired) electrons. The predicted molar refractivity (Wildman–Crippen MR) is 70.8 cm³/mol. The molecule has 0 aromatic heterocycles. The summed E-state index contributed by atoms with van der Waals surface area (Å²) in [7, 11) is 0. The number of benzene rings is 1. The number of halogens is 3. The van der Waals surface area contributed by atoms with E-state index in [-0.39, 0.29) is 11.8 Å². The van der Waals surface area contributed by atoms with Crippen LogP contribution >= 0.6 is 0 Å². The van der Waals surface area contributed by atoms with Crippen LogP contribution in [0.4, 0.5) is 23.7 Å². The highest BCUT2D eigenvalue weighted by Gasteiger charge is 2.32. The third kappa shape index (κ3) is 5.14. The van der Waals surface area contributed by atoms with E-state index in [1.54, 1.807) is 0 Å². The fourth-order valence-electron chi connectivity index (χ4n) is 1.94. The zero-order valence-electron chi connectivity index (χ0n) is 11.1. The summed E-state index contributed by atoms with van der Waals surface area (Å²) >= 11 is 0. The number of hydrogen-bond donors (Lipinski definition) is 3. The maximum Gasteiger partial charge on any atom is 0.573 e. The normalized spacial score (nSPS) is 16.2. The SMILES string of the molecule is NCC(NC(=O)Nc1ccc(OC(F)(F)F)cc1)C1CC1. The Hall–Kier alpha value is -1.96. The summed E-state index contributed by atoms with van der Waals surface area (Å²) in [5.74, 6) is 0.0783. The lowest BCUT2D eigenvalue weighted by Gasteiger charge is -2.16. The second-order valence-corrected chi connectivity index (χ2v) is 4.85. The largest absolute Gasteiger partial charge is 0.573 e. The first-order chi connectivity index (χ1) is 9.87. The molecule has 1 unspecified atom stereocenters. The van der Waals surface area contributed by atoms with Crippen molar-refractivity contribution in [3.8, 4) is 5.75 Å². The van der Waals surface area contributed by atoms with Crippen LogP contribution < -0.4 is 21.1 Å². The van der Waals surface area contributed by atoms with Crippen LogP contribution in [0.15, 0.2) is 24.3 Å². The zero-order chi connectivity index (χ0) is 15.5. The molecule has 2 rings (SSSR count). The van der Waals surface area contributed by atoms with E-state index >= 15 is 0 Å². The van der Waals surface area contributed by atoms with Crippen molar-refractivity contribution in [2.45, 2.75) is 25.2 Å². The van der Waals surface area contributed by atoms with Gasteiger partial charge in [0.1, 0.15) is 5.75 Å². The van der Waals surface area contributed by atoms with Crippen molar-refractivity contribution in [1.82, 2.24) is 5.32 Å². The van der Waals surface area contributed by atoms with Gasteiger partial charge in [-0.15, -0.1) is 13.2 Å². The fraction of sp³-hybridized carbons (Fsp3) is 0.462. The molecule has 1 aliphatic carbocycles. The number of urea groups is 1. The van der Waals surface area contributed by atoms with Gasteiger partial charge in [0, 0.05) is 18.3 Å². The summed E-state index contributed by atoms with van der Waals surface area (Å²) in [5.41, 5.74) is 5.94. The van der Waals surface area contributed by atoms with E-state index in [1.165, 1.54) is 12.1 Å². The topological polar surface area (TPSA) is 76.4 Å². The van der Waals surface area contributed by atoms with E-state index < -0.39 is 12.4 Å². The Morgan fingerprint density at radius 1 is 1.33 bits per heavy atom. The third-order valence-electron chi connectivity index (χ3n) is 3.11. The number of nitrogens with one attached hydrogen (secondary N) is 2. The van der Waals surface area contributed by atoms with Gasteiger partial charge in [-0.1, -0.05) is 0 Å². The van der Waals surface area contributed by atoms with Gasteiger partial charge >= 0.3 is 12.4 Å². The van der Waals surface area contributed by atoms with Gasteiger partial charge < -0.3 is 21.1 Å². The Balaban J connectivity index is 1.86. The lowest BCUT2D eigenvalue weighted by atomic mass is 10.2. The van der Waals surface area contributed by atoms with Gasteiger partial charge in [-0.25, -0.2) is 4.79 Å². The van der Waals surface area contributed by atoms with Crippen molar-refractivity contribution in [1.29, 1.82) is 0 Å². The van der Waals surface area contributed by atoms with Crippen LogP contribution in [0.5, 0.6) is 5.75 Å². The molecule has 8 heteroatoms. The van der Waals surface area contributed by atoms with Crippen LogP contribution in [0, 0.1) is 5.92 Å². The van der Waals surface area contributed by atoms with E-state index in [9.17, 15) is 18.0 Å². The first-order valence-corrected chi connectivity index (χ1v) is 6.51. The molecule has 1 aliphatic rings. The number of alkyl halides is 3. The first kappa shape index (κ1) is 15.4. The molecule has 4 N–H and O–H groups in total. The first-order valence-electron chi connectivity index (χ1n) is 6.51. The maximum atomic E-state index is 12.0. The Morgan fingerprint density at radius 3 is 2.43 bits per heavy atom. The second-order valence-electron chi connectivity index (χ2n) is 4.85. The third-order valence-corrected chi connectivity index (χ3v) is 3.11. The Morgan fingerprint density at radius 2 is 1.95 bits per heavy atom. The zero-order valence-corrected chi connectivity index (χ0v) is 11.1. The minimum absolute atomic E-state index is 0.0714. The molecule has 1 aromatic carbocycles.